The van der Waals surface area contributed by atoms with Crippen molar-refractivity contribution in [2.24, 2.45) is 11.8 Å². The lowest BCUT2D eigenvalue weighted by atomic mass is 9.96. The molecule has 1 aromatic heterocycles. The standard InChI is InChI=1S/C13H20N4/c1-8-12-15-16-13(17(12)7-6-14-8)11(9-2-3-9)10-4-5-10/h8-11,14H,2-7H2,1H3. The van der Waals surface area contributed by atoms with Gasteiger partial charge >= 0.3 is 0 Å². The maximum atomic E-state index is 4.54. The topological polar surface area (TPSA) is 42.7 Å². The molecule has 17 heavy (non-hydrogen) atoms. The molecule has 4 heteroatoms. The van der Waals surface area contributed by atoms with E-state index in [1.165, 1.54) is 31.5 Å². The Balaban J connectivity index is 1.72. The SMILES string of the molecule is CC1NCCn2c1nnc2C(C1CC1)C1CC1. The molecule has 0 radical (unpaired) electrons. The summed E-state index contributed by atoms with van der Waals surface area (Å²) in [6.07, 6.45) is 5.66. The predicted octanol–water partition coefficient (Wildman–Crippen LogP) is 1.85. The largest absolute Gasteiger partial charge is 0.312 e. The number of nitrogens with zero attached hydrogens (tertiary/aromatic N) is 3. The van der Waals surface area contributed by atoms with E-state index in [1.807, 2.05) is 0 Å². The van der Waals surface area contributed by atoms with Crippen LogP contribution in [-0.4, -0.2) is 21.3 Å². The molecule has 0 amide bonds. The molecule has 4 nitrogen and oxygen atoms in total. The third-order valence-corrected chi connectivity index (χ3v) is 4.54. The van der Waals surface area contributed by atoms with E-state index in [9.17, 15) is 0 Å². The van der Waals surface area contributed by atoms with Crippen LogP contribution in [0.3, 0.4) is 0 Å². The van der Waals surface area contributed by atoms with Crippen LogP contribution in [0.1, 0.15) is 56.2 Å². The summed E-state index contributed by atoms with van der Waals surface area (Å²) in [5.74, 6) is 5.01. The van der Waals surface area contributed by atoms with E-state index >= 15 is 0 Å². The summed E-state index contributed by atoms with van der Waals surface area (Å²) in [6, 6.07) is 0.365. The fourth-order valence-corrected chi connectivity index (χ4v) is 3.33. The number of aromatic nitrogens is 3. The van der Waals surface area contributed by atoms with Crippen molar-refractivity contribution in [1.29, 1.82) is 0 Å². The molecular weight excluding hydrogens is 212 g/mol. The number of rotatable bonds is 3. The first-order valence-electron chi connectivity index (χ1n) is 7.01. The van der Waals surface area contributed by atoms with Crippen molar-refractivity contribution < 1.29 is 0 Å². The summed E-state index contributed by atoms with van der Waals surface area (Å²) in [4.78, 5) is 0. The predicted molar refractivity (Wildman–Crippen MR) is 64.6 cm³/mol. The van der Waals surface area contributed by atoms with Crippen molar-refractivity contribution in [2.45, 2.75) is 51.1 Å². The number of hydrogen-bond donors (Lipinski definition) is 1. The van der Waals surface area contributed by atoms with Gasteiger partial charge in [0.1, 0.15) is 11.6 Å². The lowest BCUT2D eigenvalue weighted by Crippen LogP contribution is -2.33. The van der Waals surface area contributed by atoms with Crippen LogP contribution in [-0.2, 0) is 6.54 Å². The highest BCUT2D eigenvalue weighted by molar-refractivity contribution is 5.14. The molecule has 1 unspecified atom stereocenters. The van der Waals surface area contributed by atoms with Crippen molar-refractivity contribution in [3.8, 4) is 0 Å². The van der Waals surface area contributed by atoms with Crippen LogP contribution >= 0.6 is 0 Å². The molecule has 2 saturated carbocycles. The molecule has 2 aliphatic carbocycles. The van der Waals surface area contributed by atoms with E-state index < -0.39 is 0 Å². The van der Waals surface area contributed by atoms with Crippen molar-refractivity contribution >= 4 is 0 Å². The smallest absolute Gasteiger partial charge is 0.149 e. The Bertz CT molecular complexity index is 419. The second kappa shape index (κ2) is 3.55. The fraction of sp³-hybridized carbons (Fsp3) is 0.846. The Morgan fingerprint density at radius 3 is 2.53 bits per heavy atom. The van der Waals surface area contributed by atoms with Gasteiger partial charge in [-0.15, -0.1) is 10.2 Å². The van der Waals surface area contributed by atoms with Crippen molar-refractivity contribution in [3.63, 3.8) is 0 Å². The molecule has 0 saturated heterocycles. The highest BCUT2D eigenvalue weighted by atomic mass is 15.3. The zero-order valence-electron chi connectivity index (χ0n) is 10.4. The summed E-state index contributed by atoms with van der Waals surface area (Å²) in [5.41, 5.74) is 0. The molecule has 0 spiro atoms. The Morgan fingerprint density at radius 2 is 1.88 bits per heavy atom. The van der Waals surface area contributed by atoms with Gasteiger partial charge in [-0.2, -0.15) is 0 Å². The van der Waals surface area contributed by atoms with E-state index in [1.54, 1.807) is 0 Å². The lowest BCUT2D eigenvalue weighted by Gasteiger charge is -2.24. The van der Waals surface area contributed by atoms with Gasteiger partial charge in [-0.3, -0.25) is 0 Å². The molecule has 0 bridgehead atoms. The van der Waals surface area contributed by atoms with Crippen LogP contribution < -0.4 is 5.32 Å². The minimum Gasteiger partial charge on any atom is -0.312 e. The summed E-state index contributed by atoms with van der Waals surface area (Å²) in [5, 5.41) is 12.4. The molecule has 2 fully saturated rings. The van der Waals surface area contributed by atoms with Crippen molar-refractivity contribution in [1.82, 2.24) is 20.1 Å². The van der Waals surface area contributed by atoms with E-state index in [4.69, 9.17) is 0 Å². The van der Waals surface area contributed by atoms with Crippen LogP contribution in [0.2, 0.25) is 0 Å². The highest BCUT2D eigenvalue weighted by Crippen LogP contribution is 2.54. The zero-order chi connectivity index (χ0) is 11.4. The van der Waals surface area contributed by atoms with Crippen molar-refractivity contribution in [3.05, 3.63) is 11.6 Å². The molecule has 1 atom stereocenters. The minimum absolute atomic E-state index is 0.365. The van der Waals surface area contributed by atoms with Crippen LogP contribution in [0.15, 0.2) is 0 Å². The molecule has 92 valence electrons. The average Bonchev–Trinajstić information content (AvgIpc) is 3.20. The first-order chi connectivity index (χ1) is 8.34. The van der Waals surface area contributed by atoms with Gasteiger partial charge in [-0.1, -0.05) is 0 Å². The fourth-order valence-electron chi connectivity index (χ4n) is 3.33. The Morgan fingerprint density at radius 1 is 1.18 bits per heavy atom. The van der Waals surface area contributed by atoms with Gasteiger partial charge in [0, 0.05) is 19.0 Å². The molecule has 1 aliphatic heterocycles. The quantitative estimate of drug-likeness (QED) is 0.864. The molecule has 1 aromatic rings. The average molecular weight is 232 g/mol. The zero-order valence-corrected chi connectivity index (χ0v) is 10.4. The Labute approximate surface area is 102 Å². The maximum absolute atomic E-state index is 4.54. The van der Waals surface area contributed by atoms with Gasteiger partial charge < -0.3 is 9.88 Å². The summed E-state index contributed by atoms with van der Waals surface area (Å²) < 4.78 is 2.41. The molecule has 4 rings (SSSR count). The molecule has 0 aromatic carbocycles. The highest BCUT2D eigenvalue weighted by Gasteiger charge is 2.45. The van der Waals surface area contributed by atoms with Gasteiger partial charge in [0.15, 0.2) is 0 Å². The molecule has 1 N–H and O–H groups in total. The first kappa shape index (κ1) is 10.1. The number of nitrogens with one attached hydrogen (secondary N) is 1. The van der Waals surface area contributed by atoms with E-state index in [2.05, 4.69) is 27.0 Å². The first-order valence-corrected chi connectivity index (χ1v) is 7.01. The van der Waals surface area contributed by atoms with Gasteiger partial charge in [0.2, 0.25) is 0 Å². The third-order valence-electron chi connectivity index (χ3n) is 4.54. The van der Waals surface area contributed by atoms with Gasteiger partial charge in [-0.25, -0.2) is 0 Å². The second-order valence-electron chi connectivity index (χ2n) is 5.94. The number of hydrogen-bond acceptors (Lipinski definition) is 3. The number of fused-ring (bicyclic) bond motifs is 1. The van der Waals surface area contributed by atoms with Crippen LogP contribution in [0, 0.1) is 11.8 Å². The van der Waals surface area contributed by atoms with Crippen LogP contribution in [0.25, 0.3) is 0 Å². The molecule has 2 heterocycles. The third kappa shape index (κ3) is 1.61. The minimum atomic E-state index is 0.365. The van der Waals surface area contributed by atoms with Crippen molar-refractivity contribution in [2.75, 3.05) is 6.54 Å². The lowest BCUT2D eigenvalue weighted by molar-refractivity contribution is 0.406. The summed E-state index contributed by atoms with van der Waals surface area (Å²) >= 11 is 0. The molecule has 3 aliphatic rings. The maximum Gasteiger partial charge on any atom is 0.149 e. The Kier molecular flexibility index (Phi) is 2.10. The monoisotopic (exact) mass is 232 g/mol. The van der Waals surface area contributed by atoms with E-state index in [0.717, 1.165) is 36.7 Å². The normalized spacial score (nSPS) is 28.5. The summed E-state index contributed by atoms with van der Waals surface area (Å²) in [6.45, 7) is 4.30. The molecular formula is C13H20N4. The van der Waals surface area contributed by atoms with Crippen LogP contribution in [0.5, 0.6) is 0 Å². The summed E-state index contributed by atoms with van der Waals surface area (Å²) in [7, 11) is 0. The van der Waals surface area contributed by atoms with Crippen LogP contribution in [0.4, 0.5) is 0 Å². The van der Waals surface area contributed by atoms with Gasteiger partial charge in [-0.05, 0) is 44.4 Å². The van der Waals surface area contributed by atoms with Gasteiger partial charge in [0.25, 0.3) is 0 Å². The van der Waals surface area contributed by atoms with E-state index in [0.29, 0.717) is 6.04 Å². The Hall–Kier alpha value is -0.900. The second-order valence-corrected chi connectivity index (χ2v) is 5.94. The van der Waals surface area contributed by atoms with E-state index in [-0.39, 0.29) is 0 Å². The van der Waals surface area contributed by atoms with Gasteiger partial charge in [0.05, 0.1) is 6.04 Å².